The lowest BCUT2D eigenvalue weighted by Gasteiger charge is -2.13. The van der Waals surface area contributed by atoms with E-state index in [2.05, 4.69) is 11.8 Å². The van der Waals surface area contributed by atoms with Crippen molar-refractivity contribution in [3.63, 3.8) is 0 Å². The molecule has 0 aliphatic heterocycles. The van der Waals surface area contributed by atoms with E-state index < -0.39 is 57.2 Å². The molecule has 1 atom stereocenters. The van der Waals surface area contributed by atoms with Crippen LogP contribution in [-0.4, -0.2) is 6.10 Å². The zero-order valence-corrected chi connectivity index (χ0v) is 17.4. The molecule has 168 valence electrons. The number of nitriles is 1. The van der Waals surface area contributed by atoms with E-state index in [-0.39, 0.29) is 17.4 Å². The molecular weight excluding hydrogens is 444 g/mol. The summed E-state index contributed by atoms with van der Waals surface area (Å²) in [5.74, 6) is -3.02. The minimum atomic E-state index is -1.73. The molecule has 0 aliphatic carbocycles. The quantitative estimate of drug-likeness (QED) is 0.249. The first-order valence-electron chi connectivity index (χ1n) is 9.71. The van der Waals surface area contributed by atoms with Crippen LogP contribution in [0, 0.1) is 58.1 Å². The van der Waals surface area contributed by atoms with E-state index in [9.17, 15) is 26.3 Å². The molecule has 0 heterocycles. The molecule has 3 aromatic rings. The van der Waals surface area contributed by atoms with Gasteiger partial charge in [0, 0.05) is 28.8 Å². The Balaban J connectivity index is 1.95. The molecule has 0 saturated heterocycles. The van der Waals surface area contributed by atoms with Gasteiger partial charge in [0.1, 0.15) is 40.7 Å². The van der Waals surface area contributed by atoms with Crippen LogP contribution in [0.5, 0.6) is 5.75 Å². The summed E-state index contributed by atoms with van der Waals surface area (Å²) in [5, 5.41) is 8.69. The second-order valence-corrected chi connectivity index (χ2v) is 7.06. The first kappa shape index (κ1) is 23.7. The smallest absolute Gasteiger partial charge is 0.180 e. The molecule has 0 spiro atoms. The summed E-state index contributed by atoms with van der Waals surface area (Å²) in [7, 11) is 0. The van der Waals surface area contributed by atoms with Crippen LogP contribution >= 0.6 is 0 Å². The minimum Gasteiger partial charge on any atom is -0.491 e. The predicted octanol–water partition coefficient (Wildman–Crippen LogP) is 6.64. The summed E-state index contributed by atoms with van der Waals surface area (Å²) in [5.41, 5.74) is -2.91. The van der Waals surface area contributed by atoms with Crippen molar-refractivity contribution in [2.75, 3.05) is 0 Å². The van der Waals surface area contributed by atoms with E-state index in [1.54, 1.807) is 6.92 Å². The van der Waals surface area contributed by atoms with Gasteiger partial charge in [-0.2, -0.15) is 5.26 Å². The number of rotatable bonds is 4. The third kappa shape index (κ3) is 4.96. The summed E-state index contributed by atoms with van der Waals surface area (Å²) in [6.45, 7) is 3.60. The monoisotopic (exact) mass is 459 g/mol. The van der Waals surface area contributed by atoms with Gasteiger partial charge in [0.05, 0.1) is 11.7 Å². The Kier molecular flexibility index (Phi) is 6.98. The van der Waals surface area contributed by atoms with Crippen LogP contribution in [0.2, 0.25) is 0 Å². The van der Waals surface area contributed by atoms with Gasteiger partial charge in [-0.15, -0.1) is 0 Å². The van der Waals surface area contributed by atoms with Gasteiger partial charge in [-0.05, 0) is 31.5 Å². The Bertz CT molecular complexity index is 1310. The van der Waals surface area contributed by atoms with Crippen molar-refractivity contribution >= 4 is 0 Å². The lowest BCUT2D eigenvalue weighted by molar-refractivity contribution is 0.215. The highest BCUT2D eigenvalue weighted by Crippen LogP contribution is 2.30. The molecule has 0 unspecified atom stereocenters. The maximum atomic E-state index is 14.5. The lowest BCUT2D eigenvalue weighted by atomic mass is 10.00. The van der Waals surface area contributed by atoms with Gasteiger partial charge >= 0.3 is 0 Å². The maximum Gasteiger partial charge on any atom is 0.180 e. The average Bonchev–Trinajstić information content (AvgIpc) is 2.76. The summed E-state index contributed by atoms with van der Waals surface area (Å²) < 4.78 is 90.4. The van der Waals surface area contributed by atoms with Crippen LogP contribution in [0.1, 0.15) is 37.0 Å². The van der Waals surface area contributed by atoms with Crippen molar-refractivity contribution in [1.29, 1.82) is 5.26 Å². The largest absolute Gasteiger partial charge is 0.491 e. The maximum absolute atomic E-state index is 14.5. The van der Waals surface area contributed by atoms with Gasteiger partial charge in [0.15, 0.2) is 11.6 Å². The molecule has 3 aromatic carbocycles. The fraction of sp³-hybridized carbons (Fsp3) is 0.160. The fourth-order valence-corrected chi connectivity index (χ4v) is 2.89. The van der Waals surface area contributed by atoms with E-state index in [1.807, 2.05) is 6.92 Å². The van der Waals surface area contributed by atoms with Crippen LogP contribution in [-0.2, 0) is 0 Å². The summed E-state index contributed by atoms with van der Waals surface area (Å²) in [4.78, 5) is 0. The molecule has 0 radical (unpaired) electrons. The van der Waals surface area contributed by atoms with Crippen molar-refractivity contribution in [2.24, 2.45) is 0 Å². The predicted molar refractivity (Wildman–Crippen MR) is 109 cm³/mol. The molecular formula is C25H15F6NO. The lowest BCUT2D eigenvalue weighted by Crippen LogP contribution is -2.10. The zero-order chi connectivity index (χ0) is 24.3. The van der Waals surface area contributed by atoms with Gasteiger partial charge in [0.25, 0.3) is 0 Å². The molecule has 2 nitrogen and oxygen atoms in total. The van der Waals surface area contributed by atoms with Crippen LogP contribution in [0.4, 0.5) is 26.3 Å². The molecule has 0 aromatic heterocycles. The van der Waals surface area contributed by atoms with Gasteiger partial charge in [-0.25, -0.2) is 26.3 Å². The SMILES string of the molecule is CC[C@@H](C)Oc1cc(F)c(C#Cc2ccc(-c3cc(F)c(C#N)c(F)c3F)c(F)c2)c(F)c1. The third-order valence-electron chi connectivity index (χ3n) is 4.79. The number of nitrogens with zero attached hydrogens (tertiary/aromatic N) is 1. The number of hydrogen-bond acceptors (Lipinski definition) is 2. The Labute approximate surface area is 186 Å². The summed E-state index contributed by atoms with van der Waals surface area (Å²) >= 11 is 0. The molecule has 33 heavy (non-hydrogen) atoms. The molecule has 0 N–H and O–H groups in total. The Morgan fingerprint density at radius 3 is 2.00 bits per heavy atom. The topological polar surface area (TPSA) is 33.0 Å². The number of halogens is 6. The third-order valence-corrected chi connectivity index (χ3v) is 4.79. The van der Waals surface area contributed by atoms with E-state index >= 15 is 0 Å². The first-order valence-corrected chi connectivity index (χ1v) is 9.71. The number of hydrogen-bond donors (Lipinski definition) is 0. The highest BCUT2D eigenvalue weighted by Gasteiger charge is 2.21. The van der Waals surface area contributed by atoms with E-state index in [0.29, 0.717) is 12.5 Å². The normalized spacial score (nSPS) is 11.4. The number of ether oxygens (including phenoxy) is 1. The number of benzene rings is 3. The average molecular weight is 459 g/mol. The van der Waals surface area contributed by atoms with Crippen LogP contribution in [0.25, 0.3) is 11.1 Å². The highest BCUT2D eigenvalue weighted by molar-refractivity contribution is 5.67. The van der Waals surface area contributed by atoms with Crippen molar-refractivity contribution in [1.82, 2.24) is 0 Å². The molecule has 0 fully saturated rings. The van der Waals surface area contributed by atoms with E-state index in [0.717, 1.165) is 24.3 Å². The van der Waals surface area contributed by atoms with Crippen LogP contribution in [0.3, 0.4) is 0 Å². The Morgan fingerprint density at radius 1 is 0.788 bits per heavy atom. The van der Waals surface area contributed by atoms with E-state index in [1.165, 1.54) is 12.1 Å². The van der Waals surface area contributed by atoms with Crippen molar-refractivity contribution in [2.45, 2.75) is 26.4 Å². The van der Waals surface area contributed by atoms with Crippen molar-refractivity contribution in [3.8, 4) is 34.8 Å². The van der Waals surface area contributed by atoms with Gasteiger partial charge in [-0.1, -0.05) is 24.8 Å². The van der Waals surface area contributed by atoms with Gasteiger partial charge < -0.3 is 4.74 Å². The Morgan fingerprint density at radius 2 is 1.42 bits per heavy atom. The zero-order valence-electron chi connectivity index (χ0n) is 17.4. The van der Waals surface area contributed by atoms with Gasteiger partial charge in [0.2, 0.25) is 0 Å². The summed E-state index contributed by atoms with van der Waals surface area (Å²) in [6.07, 6.45) is 0.392. The highest BCUT2D eigenvalue weighted by atomic mass is 19.2. The molecule has 0 aliphatic rings. The molecule has 8 heteroatoms. The van der Waals surface area contributed by atoms with Gasteiger partial charge in [-0.3, -0.25) is 0 Å². The molecule has 0 saturated carbocycles. The first-order chi connectivity index (χ1) is 15.7. The van der Waals surface area contributed by atoms with Crippen LogP contribution < -0.4 is 4.74 Å². The molecule has 0 bridgehead atoms. The van der Waals surface area contributed by atoms with Crippen LogP contribution in [0.15, 0.2) is 36.4 Å². The Hall–Kier alpha value is -3.91. The summed E-state index contributed by atoms with van der Waals surface area (Å²) in [6, 6.07) is 6.70. The van der Waals surface area contributed by atoms with Crippen molar-refractivity contribution < 1.29 is 31.1 Å². The van der Waals surface area contributed by atoms with Crippen molar-refractivity contribution in [3.05, 3.63) is 88.0 Å². The second-order valence-electron chi connectivity index (χ2n) is 7.06. The fourth-order valence-electron chi connectivity index (χ4n) is 2.89. The molecule has 0 amide bonds. The minimum absolute atomic E-state index is 0.00389. The molecule has 3 rings (SSSR count). The second kappa shape index (κ2) is 9.70. The standard InChI is InChI=1S/C25H15F6NO/c1-3-13(2)33-15-9-21(27)17(22(28)10-15)7-5-14-4-6-16(20(26)8-14)18-11-23(29)19(12-32)25(31)24(18)30/h4,6,8-11,13H,3H2,1-2H3/t13-/m1/s1. The van der Waals surface area contributed by atoms with E-state index in [4.69, 9.17) is 10.00 Å².